The molecule has 0 aromatic rings. The first-order valence-electron chi connectivity index (χ1n) is 3.69. The van der Waals surface area contributed by atoms with E-state index in [2.05, 4.69) is 9.68 Å². The molecule has 5 atom stereocenters. The van der Waals surface area contributed by atoms with Crippen molar-refractivity contribution >= 4 is 0 Å². The third-order valence-electron chi connectivity index (χ3n) is 1.94. The van der Waals surface area contributed by atoms with Crippen molar-refractivity contribution in [2.45, 2.75) is 30.7 Å². The van der Waals surface area contributed by atoms with Gasteiger partial charge in [-0.2, -0.15) is 4.94 Å². The van der Waals surface area contributed by atoms with Crippen LogP contribution >= 0.6 is 0 Å². The number of rotatable bonds is 2. The van der Waals surface area contributed by atoms with Gasteiger partial charge in [0.2, 0.25) is 0 Å². The standard InChI is InChI=1S/C6H11FO6/c7-13-5-2(1-8)12-6(11)4(10)3(5)9/h2-6,8-11H,1H2/t2-,3-,4-,5-,6?/m1/s1. The molecular weight excluding hydrogens is 187 g/mol. The Labute approximate surface area is 73.0 Å². The fourth-order valence-corrected chi connectivity index (χ4v) is 1.18. The number of ether oxygens (including phenoxy) is 1. The Bertz CT molecular complexity index is 165. The summed E-state index contributed by atoms with van der Waals surface area (Å²) in [6.45, 7) is -0.630. The molecule has 0 amide bonds. The van der Waals surface area contributed by atoms with Gasteiger partial charge >= 0.3 is 0 Å². The summed E-state index contributed by atoms with van der Waals surface area (Å²) in [5.41, 5.74) is 0. The largest absolute Gasteiger partial charge is 0.394 e. The predicted octanol–water partition coefficient (Wildman–Crippen LogP) is -2.31. The monoisotopic (exact) mass is 198 g/mol. The van der Waals surface area contributed by atoms with E-state index in [0.717, 1.165) is 0 Å². The Balaban J connectivity index is 2.69. The van der Waals surface area contributed by atoms with E-state index in [0.29, 0.717) is 0 Å². The Morgan fingerprint density at radius 2 is 1.85 bits per heavy atom. The van der Waals surface area contributed by atoms with Crippen LogP contribution in [-0.4, -0.2) is 57.7 Å². The van der Waals surface area contributed by atoms with E-state index in [-0.39, 0.29) is 0 Å². The Hall–Kier alpha value is -0.310. The van der Waals surface area contributed by atoms with Crippen molar-refractivity contribution in [3.63, 3.8) is 0 Å². The van der Waals surface area contributed by atoms with Crippen LogP contribution in [0.4, 0.5) is 4.53 Å². The molecule has 4 N–H and O–H groups in total. The Morgan fingerprint density at radius 3 is 2.31 bits per heavy atom. The Kier molecular flexibility index (Phi) is 3.54. The summed E-state index contributed by atoms with van der Waals surface area (Å²) in [5, 5.41) is 35.7. The average Bonchev–Trinajstić information content (AvgIpc) is 2.13. The molecule has 6 nitrogen and oxygen atoms in total. The summed E-state index contributed by atoms with van der Waals surface area (Å²) in [4.78, 5) is 3.32. The molecule has 78 valence electrons. The van der Waals surface area contributed by atoms with E-state index >= 15 is 0 Å². The van der Waals surface area contributed by atoms with Gasteiger partial charge in [-0.25, -0.2) is 0 Å². The van der Waals surface area contributed by atoms with E-state index in [4.69, 9.17) is 20.4 Å². The van der Waals surface area contributed by atoms with E-state index in [1.165, 1.54) is 0 Å². The van der Waals surface area contributed by atoms with Crippen LogP contribution in [0.5, 0.6) is 0 Å². The quantitative estimate of drug-likeness (QED) is 0.398. The topological polar surface area (TPSA) is 99.4 Å². The second-order valence-electron chi connectivity index (χ2n) is 2.78. The third kappa shape index (κ3) is 1.96. The van der Waals surface area contributed by atoms with Gasteiger partial charge in [0.05, 0.1) is 6.61 Å². The highest BCUT2D eigenvalue weighted by Crippen LogP contribution is 2.22. The fourth-order valence-electron chi connectivity index (χ4n) is 1.18. The van der Waals surface area contributed by atoms with Crippen LogP contribution in [0, 0.1) is 0 Å². The molecule has 1 rings (SSSR count). The van der Waals surface area contributed by atoms with Crippen molar-refractivity contribution < 1.29 is 34.6 Å². The first-order chi connectivity index (χ1) is 6.11. The minimum atomic E-state index is -1.65. The SMILES string of the molecule is OC[C@H]1OC(O)[C@H](O)[C@@H](O)[C@@H]1OF. The molecule has 1 saturated heterocycles. The molecule has 7 heteroatoms. The van der Waals surface area contributed by atoms with Crippen LogP contribution < -0.4 is 0 Å². The van der Waals surface area contributed by atoms with Crippen molar-refractivity contribution in [2.75, 3.05) is 6.61 Å². The normalized spacial score (nSPS) is 46.4. The van der Waals surface area contributed by atoms with Gasteiger partial charge in [0, 0.05) is 0 Å². The van der Waals surface area contributed by atoms with Gasteiger partial charge in [-0.1, -0.05) is 0 Å². The summed E-state index contributed by atoms with van der Waals surface area (Å²) in [6, 6.07) is 0. The number of halogens is 1. The van der Waals surface area contributed by atoms with Gasteiger partial charge < -0.3 is 25.2 Å². The molecule has 13 heavy (non-hydrogen) atoms. The maximum absolute atomic E-state index is 11.8. The number of aliphatic hydroxyl groups is 4. The van der Waals surface area contributed by atoms with Gasteiger partial charge in [-0.15, -0.1) is 0 Å². The van der Waals surface area contributed by atoms with Crippen molar-refractivity contribution in [1.29, 1.82) is 0 Å². The molecular formula is C6H11FO6. The van der Waals surface area contributed by atoms with E-state index in [9.17, 15) is 4.53 Å². The highest BCUT2D eigenvalue weighted by atomic mass is 19.3. The van der Waals surface area contributed by atoms with Crippen LogP contribution in [0.3, 0.4) is 0 Å². The highest BCUT2D eigenvalue weighted by Gasteiger charge is 2.45. The maximum atomic E-state index is 11.8. The summed E-state index contributed by atoms with van der Waals surface area (Å²) in [7, 11) is 0. The smallest absolute Gasteiger partial charge is 0.184 e. The lowest BCUT2D eigenvalue weighted by atomic mass is 9.99. The zero-order chi connectivity index (χ0) is 10.0. The van der Waals surface area contributed by atoms with E-state index < -0.39 is 37.3 Å². The molecule has 0 aliphatic carbocycles. The third-order valence-corrected chi connectivity index (χ3v) is 1.94. The lowest BCUT2D eigenvalue weighted by molar-refractivity contribution is -0.333. The minimum Gasteiger partial charge on any atom is -0.394 e. The van der Waals surface area contributed by atoms with Crippen LogP contribution in [0.1, 0.15) is 0 Å². The predicted molar refractivity (Wildman–Crippen MR) is 36.0 cm³/mol. The molecule has 0 aromatic carbocycles. The zero-order valence-corrected chi connectivity index (χ0v) is 6.58. The van der Waals surface area contributed by atoms with Gasteiger partial charge in [0.25, 0.3) is 0 Å². The van der Waals surface area contributed by atoms with Gasteiger partial charge in [-0.05, 0) is 4.53 Å². The number of aliphatic hydroxyl groups excluding tert-OH is 4. The summed E-state index contributed by atoms with van der Waals surface area (Å²) < 4.78 is 16.4. The molecule has 1 aliphatic rings. The van der Waals surface area contributed by atoms with Gasteiger partial charge in [0.15, 0.2) is 12.4 Å². The first kappa shape index (κ1) is 10.8. The minimum absolute atomic E-state index is 0.630. The second kappa shape index (κ2) is 4.27. The molecule has 0 saturated carbocycles. The zero-order valence-electron chi connectivity index (χ0n) is 6.58. The van der Waals surface area contributed by atoms with Gasteiger partial charge in [-0.3, -0.25) is 0 Å². The van der Waals surface area contributed by atoms with Crippen molar-refractivity contribution in [1.82, 2.24) is 0 Å². The molecule has 1 heterocycles. The summed E-state index contributed by atoms with van der Waals surface area (Å²) in [5.74, 6) is 0. The second-order valence-corrected chi connectivity index (χ2v) is 2.78. The molecule has 0 spiro atoms. The first-order valence-corrected chi connectivity index (χ1v) is 3.69. The van der Waals surface area contributed by atoms with Crippen molar-refractivity contribution in [3.8, 4) is 0 Å². The number of hydrogen-bond donors (Lipinski definition) is 4. The lowest BCUT2D eigenvalue weighted by Gasteiger charge is -2.37. The summed E-state index contributed by atoms with van der Waals surface area (Å²) >= 11 is 0. The molecule has 0 aromatic heterocycles. The number of hydrogen-bond acceptors (Lipinski definition) is 6. The average molecular weight is 198 g/mol. The van der Waals surface area contributed by atoms with Gasteiger partial charge in [0.1, 0.15) is 18.3 Å². The summed E-state index contributed by atoms with van der Waals surface area (Å²) in [6.07, 6.45) is -7.63. The van der Waals surface area contributed by atoms with Crippen molar-refractivity contribution in [2.24, 2.45) is 0 Å². The molecule has 1 fully saturated rings. The molecule has 1 unspecified atom stereocenters. The van der Waals surface area contributed by atoms with Crippen LogP contribution in [-0.2, 0) is 9.68 Å². The van der Waals surface area contributed by atoms with E-state index in [1.807, 2.05) is 0 Å². The van der Waals surface area contributed by atoms with Crippen LogP contribution in [0.25, 0.3) is 0 Å². The Morgan fingerprint density at radius 1 is 1.23 bits per heavy atom. The van der Waals surface area contributed by atoms with Crippen molar-refractivity contribution in [3.05, 3.63) is 0 Å². The van der Waals surface area contributed by atoms with E-state index in [1.54, 1.807) is 0 Å². The molecule has 0 radical (unpaired) electrons. The molecule has 1 aliphatic heterocycles. The lowest BCUT2D eigenvalue weighted by Crippen LogP contribution is -2.58. The molecule has 0 bridgehead atoms. The fraction of sp³-hybridized carbons (Fsp3) is 1.00. The van der Waals surface area contributed by atoms with Crippen LogP contribution in [0.2, 0.25) is 0 Å². The van der Waals surface area contributed by atoms with Crippen LogP contribution in [0.15, 0.2) is 0 Å². The highest BCUT2D eigenvalue weighted by molar-refractivity contribution is 4.88. The maximum Gasteiger partial charge on any atom is 0.184 e.